The molecule has 0 bridgehead atoms. The highest BCUT2D eigenvalue weighted by Gasteiger charge is 2.15. The van der Waals surface area contributed by atoms with E-state index in [0.29, 0.717) is 11.8 Å². The summed E-state index contributed by atoms with van der Waals surface area (Å²) in [4.78, 5) is 0. The molecule has 1 radical (unpaired) electrons. The maximum Gasteiger partial charge on any atom is 0.118 e. The van der Waals surface area contributed by atoms with E-state index in [-0.39, 0.29) is 0 Å². The van der Waals surface area contributed by atoms with Gasteiger partial charge in [0.2, 0.25) is 0 Å². The van der Waals surface area contributed by atoms with E-state index in [1.807, 2.05) is 6.92 Å². The van der Waals surface area contributed by atoms with E-state index in [4.69, 9.17) is 5.41 Å². The normalized spacial score (nSPS) is 30.4. The van der Waals surface area contributed by atoms with Crippen LogP contribution in [0.2, 0.25) is 0 Å². The molecule has 2 heteroatoms. The Bertz CT molecular complexity index is 88.1. The average Bonchev–Trinajstić information content (AvgIpc) is 1.91. The Labute approximate surface area is 43.4 Å². The largest absolute Gasteiger partial charge is 0.287 e. The summed E-state index contributed by atoms with van der Waals surface area (Å²) in [5.41, 5.74) is 0. The van der Waals surface area contributed by atoms with E-state index in [0.717, 1.165) is 13.0 Å². The van der Waals surface area contributed by atoms with Crippen molar-refractivity contribution in [3.05, 3.63) is 0 Å². The molecule has 0 aromatic heterocycles. The molecule has 0 aromatic rings. The van der Waals surface area contributed by atoms with Gasteiger partial charge in [-0.1, -0.05) is 6.92 Å². The highest BCUT2D eigenvalue weighted by Crippen LogP contribution is 2.07. The number of amidine groups is 1. The van der Waals surface area contributed by atoms with Crippen LogP contribution in [0.1, 0.15) is 13.3 Å². The minimum Gasteiger partial charge on any atom is -0.287 e. The molecule has 1 aliphatic rings. The fourth-order valence-corrected chi connectivity index (χ4v) is 0.671. The zero-order valence-corrected chi connectivity index (χ0v) is 4.44. The molecule has 1 aliphatic heterocycles. The first kappa shape index (κ1) is 4.62. The summed E-state index contributed by atoms with van der Waals surface area (Å²) in [6.45, 7) is 2.92. The number of nitrogens with zero attached hydrogens (tertiary/aromatic N) is 1. The van der Waals surface area contributed by atoms with E-state index in [2.05, 4.69) is 5.32 Å². The van der Waals surface area contributed by atoms with Crippen LogP contribution in [0.4, 0.5) is 0 Å². The summed E-state index contributed by atoms with van der Waals surface area (Å²) in [5.74, 6) is 1.01. The number of hydrogen-bond donors (Lipinski definition) is 1. The highest BCUT2D eigenvalue weighted by molar-refractivity contribution is 5.82. The van der Waals surface area contributed by atoms with Crippen molar-refractivity contribution in [3.63, 3.8) is 0 Å². The smallest absolute Gasteiger partial charge is 0.118 e. The van der Waals surface area contributed by atoms with Crippen molar-refractivity contribution in [3.8, 4) is 0 Å². The minimum atomic E-state index is 0.431. The molecule has 7 heavy (non-hydrogen) atoms. The third-order valence-electron chi connectivity index (χ3n) is 1.31. The van der Waals surface area contributed by atoms with Crippen LogP contribution in [0.3, 0.4) is 0 Å². The molecule has 1 unspecified atom stereocenters. The Morgan fingerprint density at radius 3 is 2.71 bits per heavy atom. The molecule has 0 saturated carbocycles. The van der Waals surface area contributed by atoms with E-state index in [1.54, 1.807) is 0 Å². The first-order chi connectivity index (χ1) is 3.30. The minimum absolute atomic E-state index is 0.431. The molecule has 39 valence electrons. The van der Waals surface area contributed by atoms with E-state index in [1.165, 1.54) is 0 Å². The SMILES string of the molecule is CC1CC[N]C1=N. The predicted octanol–water partition coefficient (Wildman–Crippen LogP) is 0.608. The second kappa shape index (κ2) is 1.52. The van der Waals surface area contributed by atoms with Crippen LogP contribution in [0, 0.1) is 11.3 Å². The van der Waals surface area contributed by atoms with Crippen molar-refractivity contribution < 1.29 is 0 Å². The summed E-state index contributed by atoms with van der Waals surface area (Å²) in [5, 5.41) is 11.0. The van der Waals surface area contributed by atoms with Crippen LogP contribution in [-0.2, 0) is 0 Å². The average molecular weight is 97.1 g/mol. The van der Waals surface area contributed by atoms with Crippen molar-refractivity contribution in [1.82, 2.24) is 5.32 Å². The quantitative estimate of drug-likeness (QED) is 0.460. The Morgan fingerprint density at radius 2 is 2.57 bits per heavy atom. The van der Waals surface area contributed by atoms with Gasteiger partial charge in [0, 0.05) is 12.5 Å². The van der Waals surface area contributed by atoms with Crippen molar-refractivity contribution in [2.45, 2.75) is 13.3 Å². The van der Waals surface area contributed by atoms with E-state index in [9.17, 15) is 0 Å². The summed E-state index contributed by atoms with van der Waals surface area (Å²) < 4.78 is 0. The van der Waals surface area contributed by atoms with Crippen LogP contribution in [0.5, 0.6) is 0 Å². The topological polar surface area (TPSA) is 38.0 Å². The van der Waals surface area contributed by atoms with Crippen LogP contribution >= 0.6 is 0 Å². The second-order valence-corrected chi connectivity index (χ2v) is 1.96. The van der Waals surface area contributed by atoms with E-state index >= 15 is 0 Å². The maximum absolute atomic E-state index is 7.09. The zero-order valence-electron chi connectivity index (χ0n) is 4.44. The standard InChI is InChI=1S/C5H9N2/c1-4-2-3-7-5(4)6/h4,6H,2-3H2,1H3. The molecular formula is C5H9N2. The lowest BCUT2D eigenvalue weighted by Crippen LogP contribution is -2.08. The van der Waals surface area contributed by atoms with Gasteiger partial charge in [-0.05, 0) is 6.42 Å². The molecule has 1 fully saturated rings. The first-order valence-electron chi connectivity index (χ1n) is 2.56. The molecule has 1 atom stereocenters. The third-order valence-corrected chi connectivity index (χ3v) is 1.31. The number of hydrogen-bond acceptors (Lipinski definition) is 1. The van der Waals surface area contributed by atoms with Crippen LogP contribution < -0.4 is 5.32 Å². The Hall–Kier alpha value is -0.530. The lowest BCUT2D eigenvalue weighted by molar-refractivity contribution is 0.754. The molecule has 1 N–H and O–H groups in total. The van der Waals surface area contributed by atoms with Crippen molar-refractivity contribution >= 4 is 5.84 Å². The predicted molar refractivity (Wildman–Crippen MR) is 28.5 cm³/mol. The highest BCUT2D eigenvalue weighted by atomic mass is 15.0. The van der Waals surface area contributed by atoms with Gasteiger partial charge in [-0.3, -0.25) is 10.7 Å². The monoisotopic (exact) mass is 97.1 g/mol. The summed E-state index contributed by atoms with van der Waals surface area (Å²) in [7, 11) is 0. The fourth-order valence-electron chi connectivity index (χ4n) is 0.671. The molecule has 0 amide bonds. The second-order valence-electron chi connectivity index (χ2n) is 1.96. The molecule has 1 rings (SSSR count). The summed E-state index contributed by atoms with van der Waals surface area (Å²) >= 11 is 0. The third kappa shape index (κ3) is 0.734. The molecular weight excluding hydrogens is 88.1 g/mol. The van der Waals surface area contributed by atoms with Crippen molar-refractivity contribution in [1.29, 1.82) is 5.41 Å². The Kier molecular flexibility index (Phi) is 1.01. The van der Waals surface area contributed by atoms with Crippen molar-refractivity contribution in [2.75, 3.05) is 6.54 Å². The van der Waals surface area contributed by atoms with Gasteiger partial charge < -0.3 is 0 Å². The zero-order chi connectivity index (χ0) is 5.28. The van der Waals surface area contributed by atoms with Gasteiger partial charge in [-0.2, -0.15) is 0 Å². The Balaban J connectivity index is 2.48. The lowest BCUT2D eigenvalue weighted by Gasteiger charge is -1.92. The molecule has 0 spiro atoms. The van der Waals surface area contributed by atoms with Gasteiger partial charge in [0.05, 0.1) is 0 Å². The van der Waals surface area contributed by atoms with Gasteiger partial charge in [-0.15, -0.1) is 0 Å². The van der Waals surface area contributed by atoms with Gasteiger partial charge in [0.1, 0.15) is 5.84 Å². The first-order valence-corrected chi connectivity index (χ1v) is 2.56. The fraction of sp³-hybridized carbons (Fsp3) is 0.800. The van der Waals surface area contributed by atoms with Crippen LogP contribution in [0.15, 0.2) is 0 Å². The van der Waals surface area contributed by atoms with Gasteiger partial charge in [0.15, 0.2) is 0 Å². The molecule has 2 nitrogen and oxygen atoms in total. The van der Waals surface area contributed by atoms with Crippen LogP contribution in [-0.4, -0.2) is 12.4 Å². The molecule has 1 heterocycles. The van der Waals surface area contributed by atoms with Gasteiger partial charge in [0.25, 0.3) is 0 Å². The Morgan fingerprint density at radius 1 is 1.86 bits per heavy atom. The number of nitrogens with one attached hydrogen (secondary N) is 1. The van der Waals surface area contributed by atoms with Crippen molar-refractivity contribution in [2.24, 2.45) is 5.92 Å². The van der Waals surface area contributed by atoms with Gasteiger partial charge >= 0.3 is 0 Å². The molecule has 0 aliphatic carbocycles. The lowest BCUT2D eigenvalue weighted by atomic mass is 10.1. The van der Waals surface area contributed by atoms with Crippen LogP contribution in [0.25, 0.3) is 0 Å². The van der Waals surface area contributed by atoms with E-state index < -0.39 is 0 Å². The summed E-state index contributed by atoms with van der Waals surface area (Å²) in [6, 6.07) is 0. The van der Waals surface area contributed by atoms with Gasteiger partial charge in [-0.25, -0.2) is 0 Å². The number of rotatable bonds is 0. The molecule has 0 aromatic carbocycles. The maximum atomic E-state index is 7.09. The molecule has 1 saturated heterocycles. The summed E-state index contributed by atoms with van der Waals surface area (Å²) in [6.07, 6.45) is 1.08.